The maximum Gasteiger partial charge on any atom is 0.338 e. The molecule has 4 aromatic carbocycles. The van der Waals surface area contributed by atoms with Gasteiger partial charge in [0.25, 0.3) is 0 Å². The number of fused-ring (bicyclic) bond motifs is 2. The highest BCUT2D eigenvalue weighted by Gasteiger charge is 2.29. The number of hydrogen-bond donors (Lipinski definition) is 1. The number of anilines is 2. The SMILES string of the molecule is C[C@@H](CCCC1CN(c2ccc(F)c(C(=O)O)c2)c2cccc(F)c2O1)c1cccc2ccccc12.Cl. The molecule has 0 aliphatic carbocycles. The molecule has 192 valence electrons. The average Bonchev–Trinajstić information content (AvgIpc) is 2.88. The van der Waals surface area contributed by atoms with Crippen LogP contribution in [0.15, 0.2) is 78.9 Å². The van der Waals surface area contributed by atoms with Crippen LogP contribution >= 0.6 is 12.4 Å². The van der Waals surface area contributed by atoms with E-state index >= 15 is 0 Å². The number of halogens is 3. The third kappa shape index (κ3) is 5.39. The fourth-order valence-corrected chi connectivity index (χ4v) is 5.06. The van der Waals surface area contributed by atoms with E-state index < -0.39 is 23.2 Å². The molecule has 0 amide bonds. The molecule has 0 radical (unpaired) electrons. The second-order valence-corrected chi connectivity index (χ2v) is 9.31. The van der Waals surface area contributed by atoms with Gasteiger partial charge in [0.15, 0.2) is 11.6 Å². The Hall–Kier alpha value is -3.64. The van der Waals surface area contributed by atoms with Gasteiger partial charge >= 0.3 is 5.97 Å². The Balaban J connectivity index is 0.00000320. The van der Waals surface area contributed by atoms with E-state index in [1.54, 1.807) is 12.1 Å². The minimum atomic E-state index is -1.35. The van der Waals surface area contributed by atoms with Gasteiger partial charge in [0.2, 0.25) is 0 Å². The fraction of sp³-hybridized carbons (Fsp3) is 0.233. The number of para-hydroxylation sites is 1. The first-order chi connectivity index (χ1) is 17.4. The number of carbonyl (C=O) groups is 1. The van der Waals surface area contributed by atoms with Gasteiger partial charge < -0.3 is 14.7 Å². The third-order valence-corrected chi connectivity index (χ3v) is 6.92. The molecule has 37 heavy (non-hydrogen) atoms. The molecule has 1 aliphatic rings. The van der Waals surface area contributed by atoms with Crippen LogP contribution in [0.4, 0.5) is 20.2 Å². The van der Waals surface area contributed by atoms with Crippen LogP contribution in [0, 0.1) is 11.6 Å². The predicted molar refractivity (Wildman–Crippen MR) is 145 cm³/mol. The van der Waals surface area contributed by atoms with E-state index in [1.165, 1.54) is 34.5 Å². The van der Waals surface area contributed by atoms with Gasteiger partial charge in [0, 0.05) is 5.69 Å². The number of aromatic carboxylic acids is 1. The van der Waals surface area contributed by atoms with E-state index in [0.717, 1.165) is 18.9 Å². The molecule has 0 fully saturated rings. The molecule has 0 aromatic heterocycles. The lowest BCUT2D eigenvalue weighted by Crippen LogP contribution is -2.37. The lowest BCUT2D eigenvalue weighted by molar-refractivity contribution is 0.0692. The lowest BCUT2D eigenvalue weighted by Gasteiger charge is -2.36. The van der Waals surface area contributed by atoms with Crippen molar-refractivity contribution in [2.45, 2.75) is 38.2 Å². The summed E-state index contributed by atoms with van der Waals surface area (Å²) >= 11 is 0. The molecule has 0 saturated heterocycles. The topological polar surface area (TPSA) is 49.8 Å². The summed E-state index contributed by atoms with van der Waals surface area (Å²) in [5.41, 5.74) is 1.87. The van der Waals surface area contributed by atoms with Crippen molar-refractivity contribution in [3.8, 4) is 5.75 Å². The van der Waals surface area contributed by atoms with Gasteiger partial charge in [0.1, 0.15) is 11.9 Å². The fourth-order valence-electron chi connectivity index (χ4n) is 5.06. The molecule has 1 N–H and O–H groups in total. The Morgan fingerprint density at radius 1 is 1.03 bits per heavy atom. The second kappa shape index (κ2) is 11.2. The van der Waals surface area contributed by atoms with E-state index in [4.69, 9.17) is 4.74 Å². The molecule has 0 bridgehead atoms. The number of nitrogens with zero attached hydrogens (tertiary/aromatic N) is 1. The Labute approximate surface area is 220 Å². The summed E-state index contributed by atoms with van der Waals surface area (Å²) in [6, 6.07) is 23.3. The highest BCUT2D eigenvalue weighted by Crippen LogP contribution is 2.41. The van der Waals surface area contributed by atoms with Crippen molar-refractivity contribution in [2.24, 2.45) is 0 Å². The second-order valence-electron chi connectivity index (χ2n) is 9.31. The zero-order valence-corrected chi connectivity index (χ0v) is 21.2. The minimum absolute atomic E-state index is 0. The number of rotatable bonds is 7. The van der Waals surface area contributed by atoms with E-state index in [-0.39, 0.29) is 24.3 Å². The monoisotopic (exact) mass is 523 g/mol. The highest BCUT2D eigenvalue weighted by molar-refractivity contribution is 5.90. The zero-order valence-electron chi connectivity index (χ0n) is 20.4. The number of hydrogen-bond acceptors (Lipinski definition) is 3. The van der Waals surface area contributed by atoms with Crippen LogP contribution in [0.2, 0.25) is 0 Å². The van der Waals surface area contributed by atoms with Gasteiger partial charge in [-0.05, 0) is 71.8 Å². The smallest absolute Gasteiger partial charge is 0.338 e. The molecule has 0 spiro atoms. The normalized spacial score (nSPS) is 15.4. The summed E-state index contributed by atoms with van der Waals surface area (Å²) in [4.78, 5) is 13.3. The van der Waals surface area contributed by atoms with Crippen molar-refractivity contribution in [3.05, 3.63) is 102 Å². The molecular formula is C30H28ClF2NO3. The van der Waals surface area contributed by atoms with Gasteiger partial charge in [-0.1, -0.05) is 55.5 Å². The summed E-state index contributed by atoms with van der Waals surface area (Å²) in [6.07, 6.45) is 2.22. The van der Waals surface area contributed by atoms with E-state index in [2.05, 4.69) is 43.3 Å². The zero-order chi connectivity index (χ0) is 25.2. The Bertz CT molecular complexity index is 1420. The Morgan fingerprint density at radius 2 is 1.78 bits per heavy atom. The number of carboxylic acids is 1. The maximum atomic E-state index is 14.7. The first-order valence-corrected chi connectivity index (χ1v) is 12.2. The van der Waals surface area contributed by atoms with Crippen LogP contribution in [-0.4, -0.2) is 23.7 Å². The lowest BCUT2D eigenvalue weighted by atomic mass is 9.90. The van der Waals surface area contributed by atoms with Crippen LogP contribution in [0.5, 0.6) is 5.75 Å². The summed E-state index contributed by atoms with van der Waals surface area (Å²) in [7, 11) is 0. The van der Waals surface area contributed by atoms with Crippen molar-refractivity contribution < 1.29 is 23.4 Å². The molecule has 5 rings (SSSR count). The molecule has 0 saturated carbocycles. The minimum Gasteiger partial charge on any atom is -0.483 e. The highest BCUT2D eigenvalue weighted by atomic mass is 35.5. The molecular weight excluding hydrogens is 496 g/mol. The first kappa shape index (κ1) is 26.4. The van der Waals surface area contributed by atoms with E-state index in [0.29, 0.717) is 30.3 Å². The van der Waals surface area contributed by atoms with Crippen molar-refractivity contribution in [3.63, 3.8) is 0 Å². The van der Waals surface area contributed by atoms with Crippen molar-refractivity contribution in [2.75, 3.05) is 11.4 Å². The standard InChI is InChI=1S/C30H27F2NO3.ClH/c1-19(23-12-5-9-20-8-2-3-11-24(20)23)7-4-10-22-18-33(28-14-6-13-27(32)29(28)36-22)21-15-16-26(31)25(17-21)30(34)35;/h2-3,5-6,8-9,11-17,19,22H,4,7,10,18H2,1H3,(H,34,35);1H/t19-,22?;/m0./s1. The van der Waals surface area contributed by atoms with E-state index in [1.807, 2.05) is 11.0 Å². The van der Waals surface area contributed by atoms with Crippen molar-refractivity contribution in [1.82, 2.24) is 0 Å². The molecule has 4 nitrogen and oxygen atoms in total. The van der Waals surface area contributed by atoms with Gasteiger partial charge in [-0.25, -0.2) is 13.6 Å². The van der Waals surface area contributed by atoms with Crippen LogP contribution in [0.1, 0.15) is 48.0 Å². The molecule has 1 heterocycles. The maximum absolute atomic E-state index is 14.7. The van der Waals surface area contributed by atoms with E-state index in [9.17, 15) is 18.7 Å². The summed E-state index contributed by atoms with van der Waals surface area (Å²) < 4.78 is 34.8. The summed E-state index contributed by atoms with van der Waals surface area (Å²) in [6.45, 7) is 2.63. The summed E-state index contributed by atoms with van der Waals surface area (Å²) in [5.74, 6) is -2.15. The third-order valence-electron chi connectivity index (χ3n) is 6.92. The molecule has 7 heteroatoms. The van der Waals surface area contributed by atoms with Crippen molar-refractivity contribution in [1.29, 1.82) is 0 Å². The van der Waals surface area contributed by atoms with Gasteiger partial charge in [-0.2, -0.15) is 0 Å². The predicted octanol–water partition coefficient (Wildman–Crippen LogP) is 8.11. The average molecular weight is 524 g/mol. The molecule has 4 aromatic rings. The summed E-state index contributed by atoms with van der Waals surface area (Å²) in [5, 5.41) is 11.8. The Kier molecular flexibility index (Phi) is 7.98. The van der Waals surface area contributed by atoms with Gasteiger partial charge in [-0.15, -0.1) is 12.4 Å². The van der Waals surface area contributed by atoms with Crippen LogP contribution in [0.25, 0.3) is 10.8 Å². The van der Waals surface area contributed by atoms with Gasteiger partial charge in [0.05, 0.1) is 17.8 Å². The number of carboxylic acid groups (broad SMARTS) is 1. The number of benzene rings is 4. The largest absolute Gasteiger partial charge is 0.483 e. The van der Waals surface area contributed by atoms with Crippen LogP contribution < -0.4 is 9.64 Å². The van der Waals surface area contributed by atoms with Crippen LogP contribution in [0.3, 0.4) is 0 Å². The van der Waals surface area contributed by atoms with Crippen LogP contribution in [-0.2, 0) is 0 Å². The Morgan fingerprint density at radius 3 is 2.59 bits per heavy atom. The molecule has 1 aliphatic heterocycles. The quantitative estimate of drug-likeness (QED) is 0.266. The molecule has 2 atom stereocenters. The molecule has 1 unspecified atom stereocenters. The first-order valence-electron chi connectivity index (χ1n) is 12.2. The van der Waals surface area contributed by atoms with Crippen molar-refractivity contribution >= 4 is 40.5 Å². The van der Waals surface area contributed by atoms with Gasteiger partial charge in [-0.3, -0.25) is 0 Å². The number of ether oxygens (including phenoxy) is 1.